The lowest BCUT2D eigenvalue weighted by Crippen LogP contribution is -2.09. The number of ether oxygens (including phenoxy) is 2. The molecule has 0 unspecified atom stereocenters. The molecule has 7 heteroatoms. The minimum atomic E-state index is -0.329. The Morgan fingerprint density at radius 1 is 1.06 bits per heavy atom. The van der Waals surface area contributed by atoms with Crippen LogP contribution >= 0.6 is 11.6 Å². The van der Waals surface area contributed by atoms with E-state index >= 15 is 0 Å². The number of nitrogens with zero attached hydrogens (tertiary/aromatic N) is 2. The van der Waals surface area contributed by atoms with Gasteiger partial charge in [0.2, 0.25) is 5.91 Å². The number of aromatic nitrogens is 2. The first-order chi connectivity index (χ1) is 16.6. The maximum atomic E-state index is 12.5. The number of para-hydroxylation sites is 1. The standard InChI is InChI=1S/C27H24ClN3O3/c1-33-25-14-12-20(16-22(25)19-34-23-10-6-3-7-11-23)13-15-26(32)29-27-24(28)18-31(30-27)17-21-8-4-2-5-9-21/h2-16,18H,17,19H2,1H3,(H,29,30,32)/b15-13+. The molecule has 4 rings (SSSR count). The number of hydrogen-bond acceptors (Lipinski definition) is 4. The maximum absolute atomic E-state index is 12.5. The zero-order valence-electron chi connectivity index (χ0n) is 18.6. The van der Waals surface area contributed by atoms with Gasteiger partial charge in [0.25, 0.3) is 0 Å². The van der Waals surface area contributed by atoms with Crippen molar-refractivity contribution in [3.63, 3.8) is 0 Å². The summed E-state index contributed by atoms with van der Waals surface area (Å²) in [7, 11) is 1.62. The Labute approximate surface area is 203 Å². The molecule has 0 atom stereocenters. The molecule has 0 aliphatic rings. The van der Waals surface area contributed by atoms with Gasteiger partial charge in [-0.05, 0) is 41.5 Å². The fraction of sp³-hybridized carbons (Fsp3) is 0.111. The second-order valence-electron chi connectivity index (χ2n) is 7.50. The smallest absolute Gasteiger partial charge is 0.249 e. The second-order valence-corrected chi connectivity index (χ2v) is 7.91. The predicted molar refractivity (Wildman–Crippen MR) is 134 cm³/mol. The highest BCUT2D eigenvalue weighted by Crippen LogP contribution is 2.23. The number of benzene rings is 3. The zero-order valence-corrected chi connectivity index (χ0v) is 19.4. The Morgan fingerprint density at radius 2 is 1.79 bits per heavy atom. The van der Waals surface area contributed by atoms with E-state index in [-0.39, 0.29) is 5.91 Å². The monoisotopic (exact) mass is 473 g/mol. The van der Waals surface area contributed by atoms with Gasteiger partial charge in [-0.25, -0.2) is 0 Å². The van der Waals surface area contributed by atoms with Crippen LogP contribution in [0.2, 0.25) is 5.02 Å². The van der Waals surface area contributed by atoms with E-state index in [0.717, 1.165) is 22.4 Å². The van der Waals surface area contributed by atoms with Crippen LogP contribution in [0.4, 0.5) is 5.82 Å². The van der Waals surface area contributed by atoms with Crippen molar-refractivity contribution in [2.24, 2.45) is 0 Å². The molecule has 172 valence electrons. The van der Waals surface area contributed by atoms with Crippen molar-refractivity contribution in [2.75, 3.05) is 12.4 Å². The number of halogens is 1. The van der Waals surface area contributed by atoms with Crippen molar-refractivity contribution in [2.45, 2.75) is 13.2 Å². The minimum Gasteiger partial charge on any atom is -0.496 e. The molecule has 0 saturated heterocycles. The predicted octanol–water partition coefficient (Wildman–Crippen LogP) is 5.82. The lowest BCUT2D eigenvalue weighted by Gasteiger charge is -2.11. The number of methoxy groups -OCH3 is 1. The lowest BCUT2D eigenvalue weighted by atomic mass is 10.1. The van der Waals surface area contributed by atoms with Crippen molar-refractivity contribution in [1.29, 1.82) is 0 Å². The van der Waals surface area contributed by atoms with E-state index in [1.54, 1.807) is 24.1 Å². The van der Waals surface area contributed by atoms with Crippen molar-refractivity contribution in [3.8, 4) is 11.5 Å². The van der Waals surface area contributed by atoms with Gasteiger partial charge in [-0.2, -0.15) is 5.10 Å². The van der Waals surface area contributed by atoms with E-state index in [1.807, 2.05) is 78.9 Å². The number of carbonyl (C=O) groups is 1. The van der Waals surface area contributed by atoms with Crippen LogP contribution in [0, 0.1) is 0 Å². The van der Waals surface area contributed by atoms with E-state index < -0.39 is 0 Å². The average molecular weight is 474 g/mol. The summed E-state index contributed by atoms with van der Waals surface area (Å²) in [5.41, 5.74) is 2.80. The van der Waals surface area contributed by atoms with Gasteiger partial charge in [0, 0.05) is 17.8 Å². The highest BCUT2D eigenvalue weighted by Gasteiger charge is 2.10. The normalized spacial score (nSPS) is 10.9. The van der Waals surface area contributed by atoms with Gasteiger partial charge in [-0.1, -0.05) is 66.2 Å². The highest BCUT2D eigenvalue weighted by molar-refractivity contribution is 6.33. The lowest BCUT2D eigenvalue weighted by molar-refractivity contribution is -0.111. The Kier molecular flexibility index (Phi) is 7.63. The third-order valence-electron chi connectivity index (χ3n) is 5.02. The molecule has 0 fully saturated rings. The highest BCUT2D eigenvalue weighted by atomic mass is 35.5. The maximum Gasteiger partial charge on any atom is 0.249 e. The molecule has 4 aromatic rings. The topological polar surface area (TPSA) is 65.4 Å². The Bertz CT molecular complexity index is 1270. The molecule has 1 N–H and O–H groups in total. The minimum absolute atomic E-state index is 0.318. The summed E-state index contributed by atoms with van der Waals surface area (Å²) in [4.78, 5) is 12.5. The van der Waals surface area contributed by atoms with Gasteiger partial charge >= 0.3 is 0 Å². The summed E-state index contributed by atoms with van der Waals surface area (Å²) in [6.45, 7) is 0.904. The molecule has 3 aromatic carbocycles. The van der Waals surface area contributed by atoms with Crippen LogP contribution in [0.3, 0.4) is 0 Å². The molecule has 34 heavy (non-hydrogen) atoms. The van der Waals surface area contributed by atoms with Gasteiger partial charge in [-0.3, -0.25) is 9.48 Å². The molecule has 6 nitrogen and oxygen atoms in total. The van der Waals surface area contributed by atoms with Crippen molar-refractivity contribution in [3.05, 3.63) is 113 Å². The zero-order chi connectivity index (χ0) is 23.8. The molecule has 0 saturated carbocycles. The molecule has 0 aliphatic carbocycles. The molecule has 0 radical (unpaired) electrons. The first-order valence-electron chi connectivity index (χ1n) is 10.7. The number of rotatable bonds is 9. The first-order valence-corrected chi connectivity index (χ1v) is 11.1. The summed E-state index contributed by atoms with van der Waals surface area (Å²) in [6.07, 6.45) is 4.85. The van der Waals surface area contributed by atoms with Gasteiger partial charge < -0.3 is 14.8 Å². The third-order valence-corrected chi connectivity index (χ3v) is 5.29. The number of carbonyl (C=O) groups excluding carboxylic acids is 1. The van der Waals surface area contributed by atoms with Gasteiger partial charge in [0.15, 0.2) is 5.82 Å². The molecule has 1 heterocycles. The molecular formula is C27H24ClN3O3. The molecule has 1 amide bonds. The van der Waals surface area contributed by atoms with E-state index in [2.05, 4.69) is 10.4 Å². The first kappa shape index (κ1) is 23.1. The largest absolute Gasteiger partial charge is 0.496 e. The SMILES string of the molecule is COc1ccc(/C=C/C(=O)Nc2nn(Cc3ccccc3)cc2Cl)cc1COc1ccccc1. The van der Waals surface area contributed by atoms with Crippen molar-refractivity contribution in [1.82, 2.24) is 9.78 Å². The fourth-order valence-corrected chi connectivity index (χ4v) is 3.55. The van der Waals surface area contributed by atoms with Crippen LogP contribution in [0.25, 0.3) is 6.08 Å². The summed E-state index contributed by atoms with van der Waals surface area (Å²) in [5.74, 6) is 1.48. The number of anilines is 1. The van der Waals surface area contributed by atoms with E-state index in [9.17, 15) is 4.79 Å². The van der Waals surface area contributed by atoms with Gasteiger partial charge in [-0.15, -0.1) is 0 Å². The Balaban J connectivity index is 1.39. The third kappa shape index (κ3) is 6.27. The van der Waals surface area contributed by atoms with Gasteiger partial charge in [0.1, 0.15) is 23.1 Å². The average Bonchev–Trinajstić information content (AvgIpc) is 3.20. The van der Waals surface area contributed by atoms with E-state index in [0.29, 0.717) is 29.7 Å². The van der Waals surface area contributed by atoms with Gasteiger partial charge in [0.05, 0.1) is 13.7 Å². The Hall–Kier alpha value is -4.03. The van der Waals surface area contributed by atoms with Crippen LogP contribution in [0.5, 0.6) is 11.5 Å². The summed E-state index contributed by atoms with van der Waals surface area (Å²) >= 11 is 6.26. The Morgan fingerprint density at radius 3 is 2.53 bits per heavy atom. The van der Waals surface area contributed by atoms with Crippen molar-refractivity contribution >= 4 is 29.4 Å². The van der Waals surface area contributed by atoms with Crippen LogP contribution in [-0.2, 0) is 17.9 Å². The van der Waals surface area contributed by atoms with Crippen LogP contribution < -0.4 is 14.8 Å². The number of amides is 1. The van der Waals surface area contributed by atoms with Crippen LogP contribution in [0.1, 0.15) is 16.7 Å². The molecule has 0 bridgehead atoms. The van der Waals surface area contributed by atoms with Crippen LogP contribution in [0.15, 0.2) is 91.1 Å². The summed E-state index contributed by atoms with van der Waals surface area (Å²) < 4.78 is 13.0. The fourth-order valence-electron chi connectivity index (χ4n) is 3.36. The molecule has 0 spiro atoms. The summed E-state index contributed by atoms with van der Waals surface area (Å²) in [6, 6.07) is 25.1. The van der Waals surface area contributed by atoms with E-state index in [1.165, 1.54) is 6.08 Å². The van der Waals surface area contributed by atoms with Crippen LogP contribution in [-0.4, -0.2) is 22.8 Å². The second kappa shape index (κ2) is 11.2. The van der Waals surface area contributed by atoms with E-state index in [4.69, 9.17) is 21.1 Å². The van der Waals surface area contributed by atoms with Crippen molar-refractivity contribution < 1.29 is 14.3 Å². The number of hydrogen-bond donors (Lipinski definition) is 1. The quantitative estimate of drug-likeness (QED) is 0.311. The molecule has 0 aliphatic heterocycles. The molecular weight excluding hydrogens is 450 g/mol. The molecule has 1 aromatic heterocycles. The number of nitrogens with one attached hydrogen (secondary N) is 1. The summed E-state index contributed by atoms with van der Waals surface area (Å²) in [5, 5.41) is 7.48.